The standard InChI is InChI=1S/C10H13FO2.C2H6/c1-7(6-12)13-10-5-3-4-9(11)8(10)2;1-2/h3-5,7,12H,6H2,1-2H3;1-2H3. The molecule has 1 rings (SSSR count). The van der Waals surface area contributed by atoms with E-state index in [4.69, 9.17) is 9.84 Å². The Labute approximate surface area is 90.7 Å². The van der Waals surface area contributed by atoms with E-state index in [0.29, 0.717) is 11.3 Å². The van der Waals surface area contributed by atoms with Gasteiger partial charge in [0.25, 0.3) is 0 Å². The van der Waals surface area contributed by atoms with E-state index >= 15 is 0 Å². The van der Waals surface area contributed by atoms with Crippen molar-refractivity contribution in [3.8, 4) is 5.75 Å². The summed E-state index contributed by atoms with van der Waals surface area (Å²) in [6, 6.07) is 4.65. The summed E-state index contributed by atoms with van der Waals surface area (Å²) in [5.74, 6) is 0.198. The molecule has 1 N–H and O–H groups in total. The minimum Gasteiger partial charge on any atom is -0.488 e. The summed E-state index contributed by atoms with van der Waals surface area (Å²) in [4.78, 5) is 0. The third kappa shape index (κ3) is 4.30. The van der Waals surface area contributed by atoms with Gasteiger partial charge in [-0.15, -0.1) is 0 Å². The maximum absolute atomic E-state index is 13.0. The van der Waals surface area contributed by atoms with Crippen molar-refractivity contribution in [1.29, 1.82) is 0 Å². The first-order chi connectivity index (χ1) is 7.15. The number of halogens is 1. The Bertz CT molecular complexity index is 287. The van der Waals surface area contributed by atoms with Gasteiger partial charge < -0.3 is 9.84 Å². The van der Waals surface area contributed by atoms with Crippen molar-refractivity contribution in [2.75, 3.05) is 6.61 Å². The quantitative estimate of drug-likeness (QED) is 0.838. The molecular formula is C12H19FO2. The molecule has 0 bridgehead atoms. The number of aliphatic hydroxyl groups excluding tert-OH is 1. The highest BCUT2D eigenvalue weighted by Gasteiger charge is 2.07. The molecule has 1 unspecified atom stereocenters. The SMILES string of the molecule is CC.Cc1c(F)cccc1OC(C)CO. The number of hydrogen-bond donors (Lipinski definition) is 1. The fourth-order valence-electron chi connectivity index (χ4n) is 0.969. The summed E-state index contributed by atoms with van der Waals surface area (Å²) in [7, 11) is 0. The molecule has 0 saturated carbocycles. The van der Waals surface area contributed by atoms with E-state index in [1.165, 1.54) is 6.07 Å². The highest BCUT2D eigenvalue weighted by atomic mass is 19.1. The third-order valence-electron chi connectivity index (χ3n) is 1.80. The van der Waals surface area contributed by atoms with Crippen LogP contribution in [0.5, 0.6) is 5.75 Å². The van der Waals surface area contributed by atoms with Crippen molar-refractivity contribution in [1.82, 2.24) is 0 Å². The first kappa shape index (κ1) is 13.9. The number of ether oxygens (including phenoxy) is 1. The Morgan fingerprint density at radius 1 is 1.40 bits per heavy atom. The molecule has 0 spiro atoms. The second kappa shape index (κ2) is 7.23. The first-order valence-electron chi connectivity index (χ1n) is 5.17. The zero-order valence-corrected chi connectivity index (χ0v) is 9.75. The van der Waals surface area contributed by atoms with Gasteiger partial charge in [-0.2, -0.15) is 0 Å². The van der Waals surface area contributed by atoms with E-state index < -0.39 is 0 Å². The van der Waals surface area contributed by atoms with Crippen LogP contribution in [0.2, 0.25) is 0 Å². The zero-order valence-electron chi connectivity index (χ0n) is 9.75. The Morgan fingerprint density at radius 3 is 2.53 bits per heavy atom. The van der Waals surface area contributed by atoms with Gasteiger partial charge in [0, 0.05) is 5.56 Å². The number of aliphatic hydroxyl groups is 1. The molecule has 0 aromatic heterocycles. The molecule has 0 fully saturated rings. The van der Waals surface area contributed by atoms with Gasteiger partial charge in [0.05, 0.1) is 6.61 Å². The molecule has 0 radical (unpaired) electrons. The van der Waals surface area contributed by atoms with Crippen LogP contribution < -0.4 is 4.74 Å². The Morgan fingerprint density at radius 2 is 2.00 bits per heavy atom. The summed E-state index contributed by atoms with van der Waals surface area (Å²) in [5.41, 5.74) is 0.475. The lowest BCUT2D eigenvalue weighted by Crippen LogP contribution is -2.16. The molecule has 86 valence electrons. The average molecular weight is 214 g/mol. The van der Waals surface area contributed by atoms with Crippen LogP contribution >= 0.6 is 0 Å². The fourth-order valence-corrected chi connectivity index (χ4v) is 0.969. The Balaban J connectivity index is 0.000000921. The van der Waals surface area contributed by atoms with Crippen LogP contribution in [0.15, 0.2) is 18.2 Å². The van der Waals surface area contributed by atoms with E-state index in [2.05, 4.69) is 0 Å². The minimum atomic E-state index is -0.305. The van der Waals surface area contributed by atoms with E-state index in [1.54, 1.807) is 26.0 Å². The van der Waals surface area contributed by atoms with Crippen LogP contribution in [0.3, 0.4) is 0 Å². The highest BCUT2D eigenvalue weighted by Crippen LogP contribution is 2.20. The largest absolute Gasteiger partial charge is 0.488 e. The molecule has 0 aliphatic rings. The zero-order chi connectivity index (χ0) is 11.8. The molecule has 0 saturated heterocycles. The van der Waals surface area contributed by atoms with Gasteiger partial charge in [0.1, 0.15) is 17.7 Å². The molecule has 0 aliphatic carbocycles. The lowest BCUT2D eigenvalue weighted by molar-refractivity contribution is 0.128. The average Bonchev–Trinajstić information content (AvgIpc) is 2.27. The molecular weight excluding hydrogens is 195 g/mol. The van der Waals surface area contributed by atoms with E-state index in [9.17, 15) is 4.39 Å². The van der Waals surface area contributed by atoms with Crippen LogP contribution in [0.1, 0.15) is 26.3 Å². The van der Waals surface area contributed by atoms with Crippen LogP contribution in [0.4, 0.5) is 4.39 Å². The van der Waals surface area contributed by atoms with Crippen LogP contribution in [-0.2, 0) is 0 Å². The molecule has 2 nitrogen and oxygen atoms in total. The molecule has 0 amide bonds. The van der Waals surface area contributed by atoms with Gasteiger partial charge in [0.2, 0.25) is 0 Å². The van der Waals surface area contributed by atoms with E-state index in [1.807, 2.05) is 13.8 Å². The molecule has 1 aromatic rings. The summed E-state index contributed by atoms with van der Waals surface area (Å²) in [5, 5.41) is 8.74. The monoisotopic (exact) mass is 214 g/mol. The number of rotatable bonds is 3. The Hall–Kier alpha value is -1.09. The molecule has 1 atom stereocenters. The van der Waals surface area contributed by atoms with Gasteiger partial charge in [0.15, 0.2) is 0 Å². The van der Waals surface area contributed by atoms with E-state index in [-0.39, 0.29) is 18.5 Å². The molecule has 1 aromatic carbocycles. The smallest absolute Gasteiger partial charge is 0.129 e. The molecule has 15 heavy (non-hydrogen) atoms. The lowest BCUT2D eigenvalue weighted by atomic mass is 10.2. The van der Waals surface area contributed by atoms with Gasteiger partial charge in [-0.3, -0.25) is 0 Å². The predicted octanol–water partition coefficient (Wildman–Crippen LogP) is 2.92. The van der Waals surface area contributed by atoms with Crippen molar-refractivity contribution in [2.45, 2.75) is 33.8 Å². The van der Waals surface area contributed by atoms with Crippen molar-refractivity contribution in [3.05, 3.63) is 29.6 Å². The van der Waals surface area contributed by atoms with Crippen LogP contribution in [0.25, 0.3) is 0 Å². The maximum atomic E-state index is 13.0. The minimum absolute atomic E-state index is 0.0735. The fraction of sp³-hybridized carbons (Fsp3) is 0.500. The molecule has 0 aliphatic heterocycles. The predicted molar refractivity (Wildman–Crippen MR) is 59.7 cm³/mol. The summed E-state index contributed by atoms with van der Waals surface area (Å²) >= 11 is 0. The van der Waals surface area contributed by atoms with Crippen molar-refractivity contribution in [3.63, 3.8) is 0 Å². The summed E-state index contributed by atoms with van der Waals surface area (Å²) in [6.07, 6.45) is -0.305. The summed E-state index contributed by atoms with van der Waals surface area (Å²) in [6.45, 7) is 7.30. The van der Waals surface area contributed by atoms with Gasteiger partial charge in [-0.05, 0) is 26.0 Å². The maximum Gasteiger partial charge on any atom is 0.129 e. The third-order valence-corrected chi connectivity index (χ3v) is 1.80. The molecule has 0 heterocycles. The normalized spacial score (nSPS) is 11.3. The van der Waals surface area contributed by atoms with Crippen molar-refractivity contribution >= 4 is 0 Å². The second-order valence-electron chi connectivity index (χ2n) is 2.97. The lowest BCUT2D eigenvalue weighted by Gasteiger charge is -2.13. The van der Waals surface area contributed by atoms with Crippen LogP contribution in [0, 0.1) is 12.7 Å². The number of hydrogen-bond acceptors (Lipinski definition) is 2. The van der Waals surface area contributed by atoms with Gasteiger partial charge in [-0.1, -0.05) is 19.9 Å². The van der Waals surface area contributed by atoms with Crippen LogP contribution in [-0.4, -0.2) is 17.8 Å². The first-order valence-corrected chi connectivity index (χ1v) is 5.17. The van der Waals surface area contributed by atoms with E-state index in [0.717, 1.165) is 0 Å². The Kier molecular flexibility index (Phi) is 6.71. The van der Waals surface area contributed by atoms with Gasteiger partial charge >= 0.3 is 0 Å². The second-order valence-corrected chi connectivity index (χ2v) is 2.97. The highest BCUT2D eigenvalue weighted by molar-refractivity contribution is 5.33. The topological polar surface area (TPSA) is 29.5 Å². The van der Waals surface area contributed by atoms with Gasteiger partial charge in [-0.25, -0.2) is 4.39 Å². The summed E-state index contributed by atoms with van der Waals surface area (Å²) < 4.78 is 18.3. The van der Waals surface area contributed by atoms with Crippen molar-refractivity contribution in [2.24, 2.45) is 0 Å². The van der Waals surface area contributed by atoms with Crippen molar-refractivity contribution < 1.29 is 14.2 Å². The number of benzene rings is 1. The molecule has 3 heteroatoms.